The number of sulfonamides is 1. The van der Waals surface area contributed by atoms with E-state index in [-0.39, 0.29) is 53.2 Å². The van der Waals surface area contributed by atoms with Crippen LogP contribution in [0.1, 0.15) is 50.3 Å². The Hall–Kier alpha value is -1.95. The van der Waals surface area contributed by atoms with Crippen LogP contribution >= 0.6 is 11.6 Å². The largest absolute Gasteiger partial charge is 0.394 e. The van der Waals surface area contributed by atoms with Crippen molar-refractivity contribution in [1.29, 1.82) is 0 Å². The van der Waals surface area contributed by atoms with E-state index in [1.165, 1.54) is 12.1 Å². The van der Waals surface area contributed by atoms with E-state index >= 15 is 0 Å². The van der Waals surface area contributed by atoms with Crippen LogP contribution in [-0.2, 0) is 22.2 Å². The fourth-order valence-electron chi connectivity index (χ4n) is 3.10. The first-order valence-corrected chi connectivity index (χ1v) is 11.7. The molecule has 4 N–H and O–H groups in total. The number of hydrogen-bond acceptors (Lipinski definition) is 7. The van der Waals surface area contributed by atoms with E-state index in [1.54, 1.807) is 6.92 Å². The van der Waals surface area contributed by atoms with Gasteiger partial charge in [0, 0.05) is 6.42 Å². The number of nitrogens with zero attached hydrogens (tertiary/aromatic N) is 3. The summed E-state index contributed by atoms with van der Waals surface area (Å²) in [6, 6.07) is 2.27. The summed E-state index contributed by atoms with van der Waals surface area (Å²) in [4.78, 5) is 12.5. The third-order valence-electron chi connectivity index (χ3n) is 4.45. The van der Waals surface area contributed by atoms with Gasteiger partial charge in [0.15, 0.2) is 17.5 Å². The standard InChI is InChI=1S/C19H26ClF2N5O3S/c1-10(2)6-12(8-28)24-19-26-15(25-16(27-19)9-31(23,29)30)7-11(3)13-4-5-14(20)18(22)17(13)21/h4-5,10-12,28H,6-9H2,1-3H3,(H2,23,29,30)(H,24,25,26,27)/t11-,12+/m0/s1. The zero-order valence-corrected chi connectivity index (χ0v) is 19.0. The summed E-state index contributed by atoms with van der Waals surface area (Å²) >= 11 is 5.61. The van der Waals surface area contributed by atoms with Gasteiger partial charge >= 0.3 is 0 Å². The molecule has 0 aliphatic carbocycles. The van der Waals surface area contributed by atoms with Crippen molar-refractivity contribution in [2.24, 2.45) is 11.1 Å². The van der Waals surface area contributed by atoms with Crippen molar-refractivity contribution >= 4 is 27.6 Å². The normalized spacial score (nSPS) is 14.0. The molecule has 0 amide bonds. The molecule has 2 aromatic rings. The van der Waals surface area contributed by atoms with Gasteiger partial charge in [0.1, 0.15) is 11.6 Å². The van der Waals surface area contributed by atoms with Gasteiger partial charge in [-0.1, -0.05) is 38.4 Å². The summed E-state index contributed by atoms with van der Waals surface area (Å²) in [5.41, 5.74) is 0.0814. The zero-order valence-electron chi connectivity index (χ0n) is 17.4. The molecular formula is C19H26ClF2N5O3S. The maximum atomic E-state index is 14.3. The lowest BCUT2D eigenvalue weighted by atomic mass is 9.96. The highest BCUT2D eigenvalue weighted by atomic mass is 35.5. The number of nitrogens with one attached hydrogen (secondary N) is 1. The number of halogens is 3. The van der Waals surface area contributed by atoms with Crippen molar-refractivity contribution in [3.8, 4) is 0 Å². The van der Waals surface area contributed by atoms with Gasteiger partial charge in [-0.3, -0.25) is 0 Å². The van der Waals surface area contributed by atoms with Gasteiger partial charge in [-0.05, 0) is 29.9 Å². The second-order valence-corrected chi connectivity index (χ2v) is 9.84. The summed E-state index contributed by atoms with van der Waals surface area (Å²) in [5.74, 6) is -2.95. The molecule has 0 spiro atoms. The Kier molecular flexibility index (Phi) is 8.64. The number of hydrogen-bond donors (Lipinski definition) is 3. The van der Waals surface area contributed by atoms with Crippen LogP contribution in [0.2, 0.25) is 5.02 Å². The molecular weight excluding hydrogens is 452 g/mol. The van der Waals surface area contributed by atoms with Gasteiger partial charge in [-0.25, -0.2) is 27.3 Å². The number of nitrogens with two attached hydrogens (primary N) is 1. The van der Waals surface area contributed by atoms with Gasteiger partial charge in [0.2, 0.25) is 16.0 Å². The molecule has 8 nitrogen and oxygen atoms in total. The smallest absolute Gasteiger partial charge is 0.226 e. The van der Waals surface area contributed by atoms with Crippen LogP contribution in [-0.4, -0.2) is 41.1 Å². The van der Waals surface area contributed by atoms with Crippen molar-refractivity contribution in [3.05, 3.63) is 46.0 Å². The van der Waals surface area contributed by atoms with Crippen LogP contribution in [0.4, 0.5) is 14.7 Å². The van der Waals surface area contributed by atoms with Crippen molar-refractivity contribution in [1.82, 2.24) is 15.0 Å². The number of aliphatic hydroxyl groups is 1. The van der Waals surface area contributed by atoms with Crippen LogP contribution in [0.3, 0.4) is 0 Å². The topological polar surface area (TPSA) is 131 Å². The average molecular weight is 478 g/mol. The van der Waals surface area contributed by atoms with Gasteiger partial charge in [0.25, 0.3) is 0 Å². The van der Waals surface area contributed by atoms with Crippen molar-refractivity contribution in [3.63, 3.8) is 0 Å². The Balaban J connectivity index is 2.36. The minimum Gasteiger partial charge on any atom is -0.394 e. The highest BCUT2D eigenvalue weighted by Crippen LogP contribution is 2.27. The lowest BCUT2D eigenvalue weighted by molar-refractivity contribution is 0.259. The van der Waals surface area contributed by atoms with E-state index in [0.717, 1.165) is 0 Å². The Morgan fingerprint density at radius 1 is 1.13 bits per heavy atom. The molecule has 0 unspecified atom stereocenters. The van der Waals surface area contributed by atoms with E-state index in [2.05, 4.69) is 20.3 Å². The summed E-state index contributed by atoms with van der Waals surface area (Å²) in [6.07, 6.45) is 0.689. The highest BCUT2D eigenvalue weighted by molar-refractivity contribution is 7.88. The van der Waals surface area contributed by atoms with E-state index < -0.39 is 33.3 Å². The molecule has 0 radical (unpaired) electrons. The predicted molar refractivity (Wildman–Crippen MR) is 114 cm³/mol. The maximum Gasteiger partial charge on any atom is 0.226 e. The van der Waals surface area contributed by atoms with Crippen molar-refractivity contribution in [2.45, 2.75) is 51.3 Å². The van der Waals surface area contributed by atoms with Gasteiger partial charge in [0.05, 0.1) is 17.7 Å². The molecule has 0 saturated carbocycles. The number of aliphatic hydroxyl groups excluding tert-OH is 1. The Bertz CT molecular complexity index is 1020. The number of rotatable bonds is 10. The van der Waals surface area contributed by atoms with E-state index in [0.29, 0.717) is 6.42 Å². The SMILES string of the molecule is CC(C)C[C@H](CO)Nc1nc(C[C@H](C)c2ccc(Cl)c(F)c2F)nc(CS(N)(=O)=O)n1. The van der Waals surface area contributed by atoms with E-state index in [9.17, 15) is 22.3 Å². The maximum absolute atomic E-state index is 14.3. The zero-order chi connectivity index (χ0) is 23.3. The fraction of sp³-hybridized carbons (Fsp3) is 0.526. The Morgan fingerprint density at radius 2 is 1.77 bits per heavy atom. The summed E-state index contributed by atoms with van der Waals surface area (Å²) in [5, 5.41) is 17.4. The lowest BCUT2D eigenvalue weighted by Crippen LogP contribution is -2.28. The van der Waals surface area contributed by atoms with E-state index in [1.807, 2.05) is 13.8 Å². The third kappa shape index (κ3) is 7.60. The molecule has 0 bridgehead atoms. The third-order valence-corrected chi connectivity index (χ3v) is 5.41. The van der Waals surface area contributed by atoms with Crippen LogP contribution in [0, 0.1) is 17.6 Å². The second kappa shape index (κ2) is 10.6. The Labute approximate surface area is 185 Å². The fourth-order valence-corrected chi connectivity index (χ4v) is 3.74. The van der Waals surface area contributed by atoms with Crippen LogP contribution in [0.15, 0.2) is 12.1 Å². The predicted octanol–water partition coefficient (Wildman–Crippen LogP) is 2.76. The number of anilines is 1. The summed E-state index contributed by atoms with van der Waals surface area (Å²) in [7, 11) is -3.92. The Morgan fingerprint density at radius 3 is 2.35 bits per heavy atom. The van der Waals surface area contributed by atoms with Gasteiger partial charge in [-0.2, -0.15) is 9.97 Å². The van der Waals surface area contributed by atoms with Crippen LogP contribution < -0.4 is 10.5 Å². The van der Waals surface area contributed by atoms with Crippen LogP contribution in [0.25, 0.3) is 0 Å². The molecule has 172 valence electrons. The van der Waals surface area contributed by atoms with Crippen molar-refractivity contribution < 1.29 is 22.3 Å². The molecule has 1 aromatic heterocycles. The highest BCUT2D eigenvalue weighted by Gasteiger charge is 2.21. The first kappa shape index (κ1) is 25.3. The number of benzene rings is 1. The lowest BCUT2D eigenvalue weighted by Gasteiger charge is -2.19. The molecule has 12 heteroatoms. The van der Waals surface area contributed by atoms with Gasteiger partial charge < -0.3 is 10.4 Å². The minimum atomic E-state index is -3.92. The van der Waals surface area contributed by atoms with Crippen molar-refractivity contribution in [2.75, 3.05) is 11.9 Å². The van der Waals surface area contributed by atoms with Crippen LogP contribution in [0.5, 0.6) is 0 Å². The molecule has 1 heterocycles. The van der Waals surface area contributed by atoms with Gasteiger partial charge in [-0.15, -0.1) is 0 Å². The molecule has 2 atom stereocenters. The number of primary sulfonamides is 1. The second-order valence-electron chi connectivity index (χ2n) is 7.82. The molecule has 2 rings (SSSR count). The molecule has 31 heavy (non-hydrogen) atoms. The minimum absolute atomic E-state index is 0.0679. The quantitative estimate of drug-likeness (QED) is 0.448. The summed E-state index contributed by atoms with van der Waals surface area (Å²) in [6.45, 7) is 5.43. The summed E-state index contributed by atoms with van der Waals surface area (Å²) < 4.78 is 51.2. The molecule has 0 saturated heterocycles. The first-order chi connectivity index (χ1) is 14.4. The molecule has 0 aliphatic rings. The number of aromatic nitrogens is 3. The molecule has 0 aliphatic heterocycles. The average Bonchev–Trinajstić information content (AvgIpc) is 2.63. The molecule has 0 fully saturated rings. The monoisotopic (exact) mass is 477 g/mol. The first-order valence-electron chi connectivity index (χ1n) is 9.64. The molecule has 1 aromatic carbocycles. The van der Waals surface area contributed by atoms with E-state index in [4.69, 9.17) is 16.7 Å².